The summed E-state index contributed by atoms with van der Waals surface area (Å²) in [6.07, 6.45) is 1.25. The molecule has 0 aromatic heterocycles. The average molecular weight is 556 g/mol. The first-order chi connectivity index (χ1) is 19.3. The van der Waals surface area contributed by atoms with Crippen molar-refractivity contribution >= 4 is 46.8 Å². The maximum Gasteiger partial charge on any atom is 0.276 e. The number of para-hydroxylation sites is 1. The molecule has 0 fully saturated rings. The van der Waals surface area contributed by atoms with E-state index in [0.717, 1.165) is 4.90 Å². The van der Waals surface area contributed by atoms with E-state index in [1.54, 1.807) is 60.7 Å². The van der Waals surface area contributed by atoms with Gasteiger partial charge in [-0.25, -0.2) is 4.39 Å². The van der Waals surface area contributed by atoms with Crippen molar-refractivity contribution in [1.29, 1.82) is 0 Å². The second kappa shape index (κ2) is 13.1. The normalized spacial score (nSPS) is 11.0. The first-order valence-electron chi connectivity index (χ1n) is 11.9. The van der Waals surface area contributed by atoms with Gasteiger partial charge < -0.3 is 10.6 Å². The zero-order valence-electron chi connectivity index (χ0n) is 20.9. The Hall–Kier alpha value is -5.09. The molecule has 200 valence electrons. The van der Waals surface area contributed by atoms with Crippen LogP contribution < -0.4 is 10.6 Å². The van der Waals surface area contributed by atoms with Crippen LogP contribution in [0, 0.1) is 15.9 Å². The number of hydrogen-bond acceptors (Lipinski definition) is 6. The van der Waals surface area contributed by atoms with E-state index in [-0.39, 0.29) is 28.5 Å². The van der Waals surface area contributed by atoms with Crippen LogP contribution in [0.15, 0.2) is 114 Å². The summed E-state index contributed by atoms with van der Waals surface area (Å²) in [6.45, 7) is 0. The molecule has 8 nitrogen and oxygen atoms in total. The van der Waals surface area contributed by atoms with Gasteiger partial charge in [-0.3, -0.25) is 24.5 Å². The molecular formula is C30H22FN3O5S. The number of carbonyl (C=O) groups excluding carboxylic acids is 3. The Morgan fingerprint density at radius 3 is 2.15 bits per heavy atom. The fraction of sp³-hybridized carbons (Fsp3) is 0.0333. The van der Waals surface area contributed by atoms with E-state index >= 15 is 0 Å². The number of nitrogens with one attached hydrogen (secondary N) is 2. The molecule has 0 radical (unpaired) electrons. The Morgan fingerprint density at radius 1 is 0.825 bits per heavy atom. The lowest BCUT2D eigenvalue weighted by molar-refractivity contribution is -0.385. The van der Waals surface area contributed by atoms with Crippen LogP contribution in [0.5, 0.6) is 0 Å². The van der Waals surface area contributed by atoms with Crippen LogP contribution in [0.25, 0.3) is 6.08 Å². The zero-order chi connectivity index (χ0) is 28.5. The first kappa shape index (κ1) is 27.9. The highest BCUT2D eigenvalue weighted by molar-refractivity contribution is 8.00. The Bertz CT molecular complexity index is 1570. The number of halogens is 1. The summed E-state index contributed by atoms with van der Waals surface area (Å²) in [5.41, 5.74) is 0.851. The van der Waals surface area contributed by atoms with Crippen LogP contribution in [0.4, 0.5) is 15.8 Å². The minimum atomic E-state index is -0.686. The predicted molar refractivity (Wildman–Crippen MR) is 152 cm³/mol. The van der Waals surface area contributed by atoms with Gasteiger partial charge in [-0.1, -0.05) is 30.3 Å². The number of hydrogen-bond donors (Lipinski definition) is 2. The van der Waals surface area contributed by atoms with E-state index in [2.05, 4.69) is 10.6 Å². The third kappa shape index (κ3) is 7.49. The van der Waals surface area contributed by atoms with Crippen LogP contribution in [0.1, 0.15) is 26.3 Å². The maximum atomic E-state index is 13.2. The highest BCUT2D eigenvalue weighted by Gasteiger charge is 2.18. The van der Waals surface area contributed by atoms with Gasteiger partial charge in [0.1, 0.15) is 11.5 Å². The fourth-order valence-electron chi connectivity index (χ4n) is 3.57. The molecule has 4 aromatic rings. The van der Waals surface area contributed by atoms with Crippen molar-refractivity contribution in [2.75, 3.05) is 11.1 Å². The lowest BCUT2D eigenvalue weighted by atomic mass is 10.1. The van der Waals surface area contributed by atoms with Crippen LogP contribution in [0.2, 0.25) is 0 Å². The molecule has 0 atom stereocenters. The van der Waals surface area contributed by atoms with E-state index < -0.39 is 22.6 Å². The van der Waals surface area contributed by atoms with Gasteiger partial charge in [-0.15, -0.1) is 11.8 Å². The number of amides is 2. The van der Waals surface area contributed by atoms with Gasteiger partial charge in [0.15, 0.2) is 5.78 Å². The van der Waals surface area contributed by atoms with Gasteiger partial charge in [0.25, 0.3) is 17.5 Å². The van der Waals surface area contributed by atoms with Crippen molar-refractivity contribution in [1.82, 2.24) is 5.32 Å². The Labute approximate surface area is 233 Å². The van der Waals surface area contributed by atoms with Crippen molar-refractivity contribution in [3.8, 4) is 0 Å². The predicted octanol–water partition coefficient (Wildman–Crippen LogP) is 6.12. The number of thioether (sulfide) groups is 1. The molecule has 2 amide bonds. The number of Topliss-reactive ketones (excluding diaryl/α,β-unsaturated/α-hetero) is 1. The smallest absolute Gasteiger partial charge is 0.276 e. The average Bonchev–Trinajstić information content (AvgIpc) is 2.97. The lowest BCUT2D eigenvalue weighted by Crippen LogP contribution is -2.30. The van der Waals surface area contributed by atoms with Gasteiger partial charge in [-0.2, -0.15) is 0 Å². The molecule has 2 N–H and O–H groups in total. The summed E-state index contributed by atoms with van der Waals surface area (Å²) >= 11 is 1.29. The second-order valence-electron chi connectivity index (χ2n) is 8.39. The van der Waals surface area contributed by atoms with Crippen molar-refractivity contribution in [2.45, 2.75) is 4.90 Å². The molecule has 0 aliphatic carbocycles. The van der Waals surface area contributed by atoms with Gasteiger partial charge in [0.2, 0.25) is 0 Å². The van der Waals surface area contributed by atoms with Crippen molar-refractivity contribution in [3.05, 3.63) is 141 Å². The Morgan fingerprint density at radius 2 is 1.48 bits per heavy atom. The van der Waals surface area contributed by atoms with Gasteiger partial charge in [0.05, 0.1) is 16.2 Å². The molecule has 0 saturated carbocycles. The molecule has 0 aliphatic rings. The minimum Gasteiger partial charge on any atom is -0.321 e. The molecule has 40 heavy (non-hydrogen) atoms. The third-order valence-corrected chi connectivity index (χ3v) is 6.62. The summed E-state index contributed by atoms with van der Waals surface area (Å²) in [6, 6.07) is 26.1. The SMILES string of the molecule is O=C(Nc1ccc(SCC(=O)c2ccc(F)cc2)cc1)/C(=C/c1ccccc1[N+](=O)[O-])NC(=O)c1ccccc1. The number of nitro groups is 1. The summed E-state index contributed by atoms with van der Waals surface area (Å²) < 4.78 is 13.1. The number of carbonyl (C=O) groups is 3. The summed E-state index contributed by atoms with van der Waals surface area (Å²) in [7, 11) is 0. The van der Waals surface area contributed by atoms with E-state index in [0.29, 0.717) is 16.8 Å². The molecule has 10 heteroatoms. The maximum absolute atomic E-state index is 13.2. The highest BCUT2D eigenvalue weighted by Crippen LogP contribution is 2.23. The van der Waals surface area contributed by atoms with Gasteiger partial charge in [0, 0.05) is 27.8 Å². The topological polar surface area (TPSA) is 118 Å². The monoisotopic (exact) mass is 555 g/mol. The number of rotatable bonds is 10. The van der Waals surface area contributed by atoms with E-state index in [4.69, 9.17) is 0 Å². The number of benzene rings is 4. The van der Waals surface area contributed by atoms with Crippen LogP contribution in [0.3, 0.4) is 0 Å². The van der Waals surface area contributed by atoms with E-state index in [1.165, 1.54) is 60.3 Å². The summed E-state index contributed by atoms with van der Waals surface area (Å²) in [5.74, 6) is -1.67. The molecule has 0 aliphatic heterocycles. The minimum absolute atomic E-state index is 0.142. The molecular weight excluding hydrogens is 533 g/mol. The largest absolute Gasteiger partial charge is 0.321 e. The van der Waals surface area contributed by atoms with Gasteiger partial charge in [-0.05, 0) is 72.8 Å². The Balaban J connectivity index is 1.49. The van der Waals surface area contributed by atoms with Crippen molar-refractivity contribution in [3.63, 3.8) is 0 Å². The van der Waals surface area contributed by atoms with Crippen LogP contribution >= 0.6 is 11.8 Å². The molecule has 0 heterocycles. The van der Waals surface area contributed by atoms with Gasteiger partial charge >= 0.3 is 0 Å². The Kier molecular flexibility index (Phi) is 9.16. The lowest BCUT2D eigenvalue weighted by Gasteiger charge is -2.12. The number of nitro benzene ring substituents is 1. The quantitative estimate of drug-likeness (QED) is 0.0800. The summed E-state index contributed by atoms with van der Waals surface area (Å²) in [4.78, 5) is 50.0. The molecule has 4 aromatic carbocycles. The number of nitrogens with zero attached hydrogens (tertiary/aromatic N) is 1. The standard InChI is InChI=1S/C30H22FN3O5S/c31-23-12-10-20(11-13-23)28(35)19-40-25-16-14-24(15-17-25)32-30(37)26(33-29(36)21-6-2-1-3-7-21)18-22-8-4-5-9-27(22)34(38)39/h1-18H,19H2,(H,32,37)(H,33,36)/b26-18-. The number of anilines is 1. The first-order valence-corrected chi connectivity index (χ1v) is 12.9. The molecule has 4 rings (SSSR count). The second-order valence-corrected chi connectivity index (χ2v) is 9.44. The third-order valence-electron chi connectivity index (χ3n) is 5.61. The molecule has 0 unspecified atom stereocenters. The van der Waals surface area contributed by atoms with Crippen molar-refractivity contribution in [2.24, 2.45) is 0 Å². The van der Waals surface area contributed by atoms with Crippen molar-refractivity contribution < 1.29 is 23.7 Å². The molecule has 0 bridgehead atoms. The number of ketones is 1. The van der Waals surface area contributed by atoms with Crippen LogP contribution in [-0.2, 0) is 4.79 Å². The fourth-order valence-corrected chi connectivity index (χ4v) is 4.37. The van der Waals surface area contributed by atoms with E-state index in [1.807, 2.05) is 0 Å². The highest BCUT2D eigenvalue weighted by atomic mass is 32.2. The van der Waals surface area contributed by atoms with Crippen LogP contribution in [-0.4, -0.2) is 28.3 Å². The zero-order valence-corrected chi connectivity index (χ0v) is 21.7. The summed E-state index contributed by atoms with van der Waals surface area (Å²) in [5, 5.41) is 16.7. The molecule has 0 saturated heterocycles. The molecule has 0 spiro atoms. The van der Waals surface area contributed by atoms with E-state index in [9.17, 15) is 28.9 Å².